The first-order chi connectivity index (χ1) is 9.58. The van der Waals surface area contributed by atoms with Crippen LogP contribution in [-0.2, 0) is 9.47 Å². The zero-order valence-electron chi connectivity index (χ0n) is 12.6. The largest absolute Gasteiger partial charge is 0.461 e. The number of hydrogen-bond donors (Lipinski definition) is 0. The van der Waals surface area contributed by atoms with Gasteiger partial charge in [0.15, 0.2) is 0 Å². The second-order valence-corrected chi connectivity index (χ2v) is 5.34. The van der Waals surface area contributed by atoms with E-state index in [-0.39, 0.29) is 5.97 Å². The third kappa shape index (κ3) is 3.81. The Morgan fingerprint density at radius 1 is 1.25 bits per heavy atom. The van der Waals surface area contributed by atoms with Crippen LogP contribution in [0.2, 0.25) is 0 Å². The van der Waals surface area contributed by atoms with Crippen LogP contribution >= 0.6 is 0 Å². The Morgan fingerprint density at radius 2 is 1.95 bits per heavy atom. The molecule has 0 unspecified atom stereocenters. The van der Waals surface area contributed by atoms with E-state index >= 15 is 0 Å². The first-order valence-corrected chi connectivity index (χ1v) is 7.13. The van der Waals surface area contributed by atoms with E-state index in [2.05, 4.69) is 11.0 Å². The number of carbonyl (C=O) groups is 1. The third-order valence-corrected chi connectivity index (χ3v) is 3.78. The molecular weight excluding hydrogens is 254 g/mol. The lowest BCUT2D eigenvalue weighted by Gasteiger charge is -2.26. The molecule has 110 valence electrons. The zero-order chi connectivity index (χ0) is 14.5. The van der Waals surface area contributed by atoms with Crippen LogP contribution in [0.5, 0.6) is 0 Å². The van der Waals surface area contributed by atoms with Gasteiger partial charge in [-0.3, -0.25) is 4.90 Å². The Balaban J connectivity index is 1.88. The number of esters is 1. The molecule has 4 nitrogen and oxygen atoms in total. The standard InChI is InChI=1S/C16H23NO3/c1-12-10-13(2)14(3)15(11-12)16(18)20-9-6-17-4-7-19-8-5-17/h10-11H,4-9H2,1-3H3. The lowest BCUT2D eigenvalue weighted by atomic mass is 10.0. The third-order valence-electron chi connectivity index (χ3n) is 3.78. The van der Waals surface area contributed by atoms with Gasteiger partial charge >= 0.3 is 5.97 Å². The molecule has 1 aromatic carbocycles. The fraction of sp³-hybridized carbons (Fsp3) is 0.562. The molecule has 0 N–H and O–H groups in total. The molecule has 0 atom stereocenters. The molecule has 4 heteroatoms. The maximum absolute atomic E-state index is 12.1. The molecule has 1 aromatic rings. The van der Waals surface area contributed by atoms with Crippen LogP contribution in [0.15, 0.2) is 12.1 Å². The second-order valence-electron chi connectivity index (χ2n) is 5.34. The molecular formula is C16H23NO3. The van der Waals surface area contributed by atoms with Crippen molar-refractivity contribution in [1.29, 1.82) is 0 Å². The smallest absolute Gasteiger partial charge is 0.338 e. The van der Waals surface area contributed by atoms with Gasteiger partial charge in [-0.25, -0.2) is 4.79 Å². The minimum absolute atomic E-state index is 0.220. The van der Waals surface area contributed by atoms with Gasteiger partial charge in [0.1, 0.15) is 6.61 Å². The van der Waals surface area contributed by atoms with Crippen molar-refractivity contribution in [3.8, 4) is 0 Å². The molecule has 1 aliphatic rings. The maximum Gasteiger partial charge on any atom is 0.338 e. The highest BCUT2D eigenvalue weighted by molar-refractivity contribution is 5.91. The highest BCUT2D eigenvalue weighted by Crippen LogP contribution is 2.17. The van der Waals surface area contributed by atoms with Gasteiger partial charge in [0.05, 0.1) is 18.8 Å². The van der Waals surface area contributed by atoms with E-state index in [9.17, 15) is 4.79 Å². The molecule has 2 rings (SSSR count). The predicted molar refractivity (Wildman–Crippen MR) is 78.2 cm³/mol. The summed E-state index contributed by atoms with van der Waals surface area (Å²) in [5, 5.41) is 0. The van der Waals surface area contributed by atoms with E-state index in [4.69, 9.17) is 9.47 Å². The molecule has 1 heterocycles. The van der Waals surface area contributed by atoms with Gasteiger partial charge in [0.25, 0.3) is 0 Å². The molecule has 1 aliphatic heterocycles. The first kappa shape index (κ1) is 15.0. The van der Waals surface area contributed by atoms with Crippen molar-refractivity contribution in [3.05, 3.63) is 34.4 Å². The molecule has 0 saturated carbocycles. The Kier molecular flexibility index (Phi) is 5.15. The summed E-state index contributed by atoms with van der Waals surface area (Å²) in [5.74, 6) is -0.220. The van der Waals surface area contributed by atoms with E-state index in [0.717, 1.165) is 49.5 Å². The summed E-state index contributed by atoms with van der Waals surface area (Å²) < 4.78 is 10.7. The van der Waals surface area contributed by atoms with Crippen molar-refractivity contribution in [3.63, 3.8) is 0 Å². The van der Waals surface area contributed by atoms with Crippen LogP contribution in [-0.4, -0.2) is 50.3 Å². The van der Waals surface area contributed by atoms with Crippen molar-refractivity contribution in [1.82, 2.24) is 4.90 Å². The van der Waals surface area contributed by atoms with E-state index in [1.165, 1.54) is 0 Å². The number of morpholine rings is 1. The number of hydrogen-bond acceptors (Lipinski definition) is 4. The molecule has 0 radical (unpaired) electrons. The summed E-state index contributed by atoms with van der Waals surface area (Å²) in [5.41, 5.74) is 3.91. The van der Waals surface area contributed by atoms with Crippen molar-refractivity contribution in [2.75, 3.05) is 39.5 Å². The number of ether oxygens (including phenoxy) is 2. The fourth-order valence-electron chi connectivity index (χ4n) is 2.42. The number of benzene rings is 1. The van der Waals surface area contributed by atoms with Crippen LogP contribution in [0.1, 0.15) is 27.0 Å². The first-order valence-electron chi connectivity index (χ1n) is 7.13. The van der Waals surface area contributed by atoms with E-state index < -0.39 is 0 Å². The van der Waals surface area contributed by atoms with E-state index in [1.54, 1.807) is 0 Å². The maximum atomic E-state index is 12.1. The molecule has 0 spiro atoms. The highest BCUT2D eigenvalue weighted by atomic mass is 16.5. The molecule has 1 fully saturated rings. The SMILES string of the molecule is Cc1cc(C)c(C)c(C(=O)OCCN2CCOCC2)c1. The summed E-state index contributed by atoms with van der Waals surface area (Å²) in [4.78, 5) is 14.4. The lowest BCUT2D eigenvalue weighted by Crippen LogP contribution is -2.38. The number of carbonyl (C=O) groups excluding carboxylic acids is 1. The van der Waals surface area contributed by atoms with Crippen molar-refractivity contribution in [2.24, 2.45) is 0 Å². The summed E-state index contributed by atoms with van der Waals surface area (Å²) in [6, 6.07) is 3.99. The molecule has 0 aliphatic carbocycles. The van der Waals surface area contributed by atoms with Gasteiger partial charge < -0.3 is 9.47 Å². The van der Waals surface area contributed by atoms with Crippen LogP contribution in [0.25, 0.3) is 0 Å². The van der Waals surface area contributed by atoms with Gasteiger partial charge in [-0.2, -0.15) is 0 Å². The van der Waals surface area contributed by atoms with Crippen molar-refractivity contribution < 1.29 is 14.3 Å². The lowest BCUT2D eigenvalue weighted by molar-refractivity contribution is 0.0195. The molecule has 1 saturated heterocycles. The normalized spacial score (nSPS) is 16.1. The predicted octanol–water partition coefficient (Wildman–Crippen LogP) is 2.10. The van der Waals surface area contributed by atoms with Crippen LogP contribution < -0.4 is 0 Å². The van der Waals surface area contributed by atoms with E-state index in [1.807, 2.05) is 26.8 Å². The summed E-state index contributed by atoms with van der Waals surface area (Å²) in [6.45, 7) is 10.6. The number of aryl methyl sites for hydroxylation is 2. The molecule has 0 bridgehead atoms. The Hall–Kier alpha value is -1.39. The monoisotopic (exact) mass is 277 g/mol. The van der Waals surface area contributed by atoms with Gasteiger partial charge in [-0.15, -0.1) is 0 Å². The highest BCUT2D eigenvalue weighted by Gasteiger charge is 2.14. The fourth-order valence-corrected chi connectivity index (χ4v) is 2.42. The Bertz CT molecular complexity index is 479. The van der Waals surface area contributed by atoms with Crippen molar-refractivity contribution in [2.45, 2.75) is 20.8 Å². The van der Waals surface area contributed by atoms with Crippen LogP contribution in [0.4, 0.5) is 0 Å². The summed E-state index contributed by atoms with van der Waals surface area (Å²) >= 11 is 0. The average molecular weight is 277 g/mol. The van der Waals surface area contributed by atoms with Crippen LogP contribution in [0, 0.1) is 20.8 Å². The van der Waals surface area contributed by atoms with E-state index in [0.29, 0.717) is 12.2 Å². The van der Waals surface area contributed by atoms with Gasteiger partial charge in [-0.1, -0.05) is 6.07 Å². The molecule has 0 aromatic heterocycles. The molecule has 20 heavy (non-hydrogen) atoms. The number of rotatable bonds is 4. The second kappa shape index (κ2) is 6.86. The minimum atomic E-state index is -0.220. The van der Waals surface area contributed by atoms with Crippen molar-refractivity contribution >= 4 is 5.97 Å². The Labute approximate surface area is 120 Å². The minimum Gasteiger partial charge on any atom is -0.461 e. The molecule has 0 amide bonds. The van der Waals surface area contributed by atoms with Gasteiger partial charge in [-0.05, 0) is 43.5 Å². The Morgan fingerprint density at radius 3 is 2.65 bits per heavy atom. The summed E-state index contributed by atoms with van der Waals surface area (Å²) in [7, 11) is 0. The number of nitrogens with zero attached hydrogens (tertiary/aromatic N) is 1. The van der Waals surface area contributed by atoms with Gasteiger partial charge in [0.2, 0.25) is 0 Å². The summed E-state index contributed by atoms with van der Waals surface area (Å²) in [6.07, 6.45) is 0. The van der Waals surface area contributed by atoms with Crippen LogP contribution in [0.3, 0.4) is 0 Å². The topological polar surface area (TPSA) is 38.8 Å². The zero-order valence-corrected chi connectivity index (χ0v) is 12.6. The van der Waals surface area contributed by atoms with Gasteiger partial charge in [0, 0.05) is 19.6 Å². The quantitative estimate of drug-likeness (QED) is 0.790. The average Bonchev–Trinajstić information content (AvgIpc) is 2.44.